The number of hydrogen-bond donors (Lipinski definition) is 1. The molecule has 0 spiro atoms. The van der Waals surface area contributed by atoms with Crippen LogP contribution in [0.2, 0.25) is 0 Å². The fraction of sp³-hybridized carbons (Fsp3) is 0.364. The molecule has 0 saturated heterocycles. The van der Waals surface area contributed by atoms with Crippen LogP contribution < -0.4 is 5.32 Å². The van der Waals surface area contributed by atoms with Crippen LogP contribution in [-0.4, -0.2) is 26.8 Å². The second-order valence-electron chi connectivity index (χ2n) is 3.55. The van der Waals surface area contributed by atoms with Gasteiger partial charge in [-0.15, -0.1) is 0 Å². The average Bonchev–Trinajstić information content (AvgIpc) is 2.81. The minimum Gasteiger partial charge on any atom is -0.307 e. The molecule has 0 bridgehead atoms. The molecule has 5 nitrogen and oxygen atoms in total. The summed E-state index contributed by atoms with van der Waals surface area (Å²) in [5.74, 6) is 0.345. The lowest BCUT2D eigenvalue weighted by atomic mass is 10.1. The minimum atomic E-state index is -0.350. The van der Waals surface area contributed by atoms with E-state index in [1.807, 2.05) is 6.92 Å². The highest BCUT2D eigenvalue weighted by molar-refractivity contribution is 5.23. The zero-order valence-corrected chi connectivity index (χ0v) is 9.76. The molecule has 2 aromatic rings. The highest BCUT2D eigenvalue weighted by Gasteiger charge is 2.20. The van der Waals surface area contributed by atoms with E-state index in [1.54, 1.807) is 24.0 Å². The van der Waals surface area contributed by atoms with E-state index < -0.39 is 0 Å². The van der Waals surface area contributed by atoms with Crippen molar-refractivity contribution in [1.29, 1.82) is 0 Å². The zero-order chi connectivity index (χ0) is 12.3. The summed E-state index contributed by atoms with van der Waals surface area (Å²) < 4.78 is 15.4. The molecule has 0 aliphatic rings. The number of nitrogens with one attached hydrogen (secondary N) is 1. The van der Waals surface area contributed by atoms with Crippen LogP contribution in [0.1, 0.15) is 24.4 Å². The summed E-state index contributed by atoms with van der Waals surface area (Å²) in [4.78, 5) is 7.92. The van der Waals surface area contributed by atoms with Crippen LogP contribution in [-0.2, 0) is 6.54 Å². The SMILES string of the molecule is CCn1ncnc1C(NC)c1ccncc1F. The maximum Gasteiger partial charge on any atom is 0.148 e. The third-order valence-corrected chi connectivity index (χ3v) is 2.61. The first-order valence-electron chi connectivity index (χ1n) is 5.42. The van der Waals surface area contributed by atoms with E-state index in [-0.39, 0.29) is 11.9 Å². The van der Waals surface area contributed by atoms with Crippen molar-refractivity contribution in [3.05, 3.63) is 42.0 Å². The van der Waals surface area contributed by atoms with E-state index in [2.05, 4.69) is 20.4 Å². The van der Waals surface area contributed by atoms with E-state index in [4.69, 9.17) is 0 Å². The van der Waals surface area contributed by atoms with Gasteiger partial charge in [-0.3, -0.25) is 4.98 Å². The molecule has 0 radical (unpaired) electrons. The van der Waals surface area contributed by atoms with Gasteiger partial charge < -0.3 is 5.32 Å². The normalized spacial score (nSPS) is 12.6. The van der Waals surface area contributed by atoms with Crippen molar-refractivity contribution >= 4 is 0 Å². The lowest BCUT2D eigenvalue weighted by molar-refractivity contribution is 0.521. The summed E-state index contributed by atoms with van der Waals surface area (Å²) in [5.41, 5.74) is 0.519. The Kier molecular flexibility index (Phi) is 3.43. The Labute approximate surface area is 98.7 Å². The number of aromatic nitrogens is 4. The van der Waals surface area contributed by atoms with Crippen molar-refractivity contribution in [3.8, 4) is 0 Å². The first-order valence-corrected chi connectivity index (χ1v) is 5.42. The molecule has 2 aromatic heterocycles. The van der Waals surface area contributed by atoms with E-state index in [1.165, 1.54) is 12.5 Å². The van der Waals surface area contributed by atoms with Crippen molar-refractivity contribution < 1.29 is 4.39 Å². The Morgan fingerprint density at radius 3 is 3.00 bits per heavy atom. The molecule has 2 heterocycles. The van der Waals surface area contributed by atoms with E-state index >= 15 is 0 Å². The fourth-order valence-electron chi connectivity index (χ4n) is 1.78. The molecule has 6 heteroatoms. The second-order valence-corrected chi connectivity index (χ2v) is 3.55. The molecular formula is C11H14FN5. The minimum absolute atomic E-state index is 0.319. The Hall–Kier alpha value is -1.82. The number of halogens is 1. The number of aryl methyl sites for hydroxylation is 1. The van der Waals surface area contributed by atoms with Gasteiger partial charge in [0.15, 0.2) is 0 Å². The van der Waals surface area contributed by atoms with Gasteiger partial charge >= 0.3 is 0 Å². The molecule has 90 valence electrons. The molecule has 1 unspecified atom stereocenters. The molecule has 0 aromatic carbocycles. The monoisotopic (exact) mass is 235 g/mol. The summed E-state index contributed by atoms with van der Waals surface area (Å²) >= 11 is 0. The molecule has 0 aliphatic carbocycles. The van der Waals surface area contributed by atoms with E-state index in [0.717, 1.165) is 0 Å². The molecule has 1 atom stereocenters. The second kappa shape index (κ2) is 5.01. The maximum atomic E-state index is 13.7. The number of hydrogen-bond acceptors (Lipinski definition) is 4. The van der Waals surface area contributed by atoms with Gasteiger partial charge in [0.25, 0.3) is 0 Å². The van der Waals surface area contributed by atoms with Crippen LogP contribution in [0.25, 0.3) is 0 Å². The van der Waals surface area contributed by atoms with Crippen molar-refractivity contribution in [2.75, 3.05) is 7.05 Å². The van der Waals surface area contributed by atoms with Gasteiger partial charge in [-0.2, -0.15) is 5.10 Å². The highest BCUT2D eigenvalue weighted by atomic mass is 19.1. The average molecular weight is 235 g/mol. The standard InChI is InChI=1S/C11H14FN5/c1-3-17-11(15-7-16-17)10(13-2)8-4-5-14-6-9(8)12/h4-7,10,13H,3H2,1-2H3. The van der Waals surface area contributed by atoms with Crippen LogP contribution in [0.15, 0.2) is 24.8 Å². The van der Waals surface area contributed by atoms with Crippen LogP contribution in [0.5, 0.6) is 0 Å². The van der Waals surface area contributed by atoms with Crippen molar-refractivity contribution in [2.24, 2.45) is 0 Å². The zero-order valence-electron chi connectivity index (χ0n) is 9.76. The van der Waals surface area contributed by atoms with Gasteiger partial charge in [-0.05, 0) is 20.0 Å². The van der Waals surface area contributed by atoms with E-state index in [9.17, 15) is 4.39 Å². The Morgan fingerprint density at radius 2 is 2.35 bits per heavy atom. The summed E-state index contributed by atoms with van der Waals surface area (Å²) in [5, 5.41) is 7.13. The first kappa shape index (κ1) is 11.7. The maximum absolute atomic E-state index is 13.7. The largest absolute Gasteiger partial charge is 0.307 e. The van der Waals surface area contributed by atoms with Crippen LogP contribution in [0, 0.1) is 5.82 Å². The molecular weight excluding hydrogens is 221 g/mol. The summed E-state index contributed by atoms with van der Waals surface area (Å²) in [6.45, 7) is 2.66. The number of pyridine rings is 1. The predicted molar refractivity (Wildman–Crippen MR) is 60.8 cm³/mol. The third kappa shape index (κ3) is 2.16. The lowest BCUT2D eigenvalue weighted by Crippen LogP contribution is -2.23. The molecule has 0 amide bonds. The summed E-state index contributed by atoms with van der Waals surface area (Å²) in [7, 11) is 1.76. The van der Waals surface area contributed by atoms with Gasteiger partial charge in [0.2, 0.25) is 0 Å². The molecule has 2 rings (SSSR count). The van der Waals surface area contributed by atoms with Gasteiger partial charge in [-0.1, -0.05) is 0 Å². The number of rotatable bonds is 4. The Bertz CT molecular complexity index is 496. The molecule has 0 fully saturated rings. The fourth-order valence-corrected chi connectivity index (χ4v) is 1.78. The predicted octanol–water partition coefficient (Wildman–Crippen LogP) is 1.14. The Balaban J connectivity index is 2.44. The van der Waals surface area contributed by atoms with Gasteiger partial charge in [-0.25, -0.2) is 14.1 Å². The van der Waals surface area contributed by atoms with Crippen molar-refractivity contribution in [2.45, 2.75) is 19.5 Å². The number of nitrogens with zero attached hydrogens (tertiary/aromatic N) is 4. The van der Waals surface area contributed by atoms with Crippen LogP contribution in [0.4, 0.5) is 4.39 Å². The molecule has 0 aliphatic heterocycles. The van der Waals surface area contributed by atoms with Crippen LogP contribution >= 0.6 is 0 Å². The van der Waals surface area contributed by atoms with Crippen LogP contribution in [0.3, 0.4) is 0 Å². The molecule has 1 N–H and O–H groups in total. The first-order chi connectivity index (χ1) is 8.27. The van der Waals surface area contributed by atoms with Crippen molar-refractivity contribution in [1.82, 2.24) is 25.1 Å². The van der Waals surface area contributed by atoms with Gasteiger partial charge in [0.05, 0.1) is 12.2 Å². The smallest absolute Gasteiger partial charge is 0.148 e. The molecule has 17 heavy (non-hydrogen) atoms. The topological polar surface area (TPSA) is 55.6 Å². The van der Waals surface area contributed by atoms with E-state index in [0.29, 0.717) is 17.9 Å². The lowest BCUT2D eigenvalue weighted by Gasteiger charge is -2.16. The summed E-state index contributed by atoms with van der Waals surface area (Å²) in [6, 6.07) is 1.32. The summed E-state index contributed by atoms with van der Waals surface area (Å²) in [6.07, 6.45) is 4.24. The quantitative estimate of drug-likeness (QED) is 0.863. The van der Waals surface area contributed by atoms with Gasteiger partial charge in [0.1, 0.15) is 18.0 Å². The van der Waals surface area contributed by atoms with Gasteiger partial charge in [0, 0.05) is 18.3 Å². The third-order valence-electron chi connectivity index (χ3n) is 2.61. The Morgan fingerprint density at radius 1 is 1.53 bits per heavy atom. The highest BCUT2D eigenvalue weighted by Crippen LogP contribution is 2.21. The molecule has 0 saturated carbocycles. The van der Waals surface area contributed by atoms with Crippen molar-refractivity contribution in [3.63, 3.8) is 0 Å².